The van der Waals surface area contributed by atoms with Gasteiger partial charge in [-0.3, -0.25) is 0 Å². The molecule has 0 heterocycles. The molecular formula is C7H5Br2ClS. The number of hydrogen-bond acceptors (Lipinski definition) is 1. The first kappa shape index (κ1) is 9.90. The van der Waals surface area contributed by atoms with Crippen LogP contribution in [0.2, 0.25) is 5.02 Å². The second-order valence-corrected chi connectivity index (χ2v) is 4.87. The van der Waals surface area contributed by atoms with Gasteiger partial charge in [0.2, 0.25) is 0 Å². The second-order valence-electron chi connectivity index (χ2n) is 1.91. The Bertz CT molecular complexity index is 252. The summed E-state index contributed by atoms with van der Waals surface area (Å²) in [6.45, 7) is 0. The fraction of sp³-hybridized carbons (Fsp3) is 0.143. The molecule has 0 amide bonds. The van der Waals surface area contributed by atoms with E-state index < -0.39 is 0 Å². The normalized spacial score (nSPS) is 10.2. The molecule has 0 spiro atoms. The first-order valence-electron chi connectivity index (χ1n) is 2.83. The largest absolute Gasteiger partial charge is 0.130 e. The lowest BCUT2D eigenvalue weighted by molar-refractivity contribution is 1.41. The Labute approximate surface area is 92.0 Å². The SMILES string of the molecule is CSc1cc(Br)c(Cl)c(Br)c1. The topological polar surface area (TPSA) is 0 Å². The lowest BCUT2D eigenvalue weighted by Gasteiger charge is -2.01. The highest BCUT2D eigenvalue weighted by atomic mass is 79.9. The van der Waals surface area contributed by atoms with Gasteiger partial charge in [-0.1, -0.05) is 11.6 Å². The molecular weight excluding hydrogens is 311 g/mol. The van der Waals surface area contributed by atoms with E-state index in [0.29, 0.717) is 0 Å². The first-order chi connectivity index (χ1) is 5.15. The third kappa shape index (κ3) is 2.38. The molecule has 0 saturated carbocycles. The predicted octanol–water partition coefficient (Wildman–Crippen LogP) is 4.59. The van der Waals surface area contributed by atoms with E-state index in [-0.39, 0.29) is 0 Å². The minimum atomic E-state index is 0.725. The fourth-order valence-electron chi connectivity index (χ4n) is 0.650. The highest BCUT2D eigenvalue weighted by Crippen LogP contribution is 2.34. The van der Waals surface area contributed by atoms with Crippen molar-refractivity contribution in [1.82, 2.24) is 0 Å². The maximum absolute atomic E-state index is 5.90. The van der Waals surface area contributed by atoms with E-state index in [9.17, 15) is 0 Å². The van der Waals surface area contributed by atoms with E-state index in [2.05, 4.69) is 31.9 Å². The third-order valence-corrected chi connectivity index (χ3v) is 4.01. The molecule has 0 radical (unpaired) electrons. The molecule has 0 fully saturated rings. The molecule has 0 aliphatic rings. The second kappa shape index (κ2) is 4.17. The van der Waals surface area contributed by atoms with Crippen LogP contribution in [0.15, 0.2) is 26.0 Å². The summed E-state index contributed by atoms with van der Waals surface area (Å²) in [6.07, 6.45) is 2.03. The highest BCUT2D eigenvalue weighted by molar-refractivity contribution is 9.11. The number of thioether (sulfide) groups is 1. The van der Waals surface area contributed by atoms with Gasteiger partial charge in [-0.15, -0.1) is 11.8 Å². The molecule has 1 aromatic carbocycles. The van der Waals surface area contributed by atoms with E-state index >= 15 is 0 Å². The van der Waals surface area contributed by atoms with Crippen LogP contribution >= 0.6 is 55.2 Å². The van der Waals surface area contributed by atoms with Crippen molar-refractivity contribution in [3.63, 3.8) is 0 Å². The summed E-state index contributed by atoms with van der Waals surface area (Å²) in [5.41, 5.74) is 0. The standard InChI is InChI=1S/C7H5Br2ClS/c1-11-4-2-5(8)7(10)6(9)3-4/h2-3H,1H3. The van der Waals surface area contributed by atoms with Crippen LogP contribution in [0.3, 0.4) is 0 Å². The zero-order valence-electron chi connectivity index (χ0n) is 5.70. The zero-order chi connectivity index (χ0) is 8.43. The molecule has 0 aliphatic carbocycles. The van der Waals surface area contributed by atoms with Crippen molar-refractivity contribution in [3.8, 4) is 0 Å². The van der Waals surface area contributed by atoms with Gasteiger partial charge in [-0.2, -0.15) is 0 Å². The van der Waals surface area contributed by atoms with E-state index in [1.54, 1.807) is 11.8 Å². The summed E-state index contributed by atoms with van der Waals surface area (Å²) < 4.78 is 1.86. The van der Waals surface area contributed by atoms with Gasteiger partial charge >= 0.3 is 0 Å². The summed E-state index contributed by atoms with van der Waals surface area (Å²) in [5, 5.41) is 0.725. The Morgan fingerprint density at radius 1 is 1.27 bits per heavy atom. The Kier molecular flexibility index (Phi) is 3.75. The Morgan fingerprint density at radius 2 is 1.73 bits per heavy atom. The van der Waals surface area contributed by atoms with Crippen molar-refractivity contribution in [2.24, 2.45) is 0 Å². The maximum atomic E-state index is 5.90. The third-order valence-electron chi connectivity index (χ3n) is 1.19. The fourth-order valence-corrected chi connectivity index (χ4v) is 2.72. The molecule has 0 aliphatic heterocycles. The van der Waals surface area contributed by atoms with Crippen molar-refractivity contribution in [1.29, 1.82) is 0 Å². The van der Waals surface area contributed by atoms with Crippen molar-refractivity contribution >= 4 is 55.2 Å². The number of benzene rings is 1. The minimum absolute atomic E-state index is 0.725. The summed E-state index contributed by atoms with van der Waals surface area (Å²) >= 11 is 14.3. The number of hydrogen-bond donors (Lipinski definition) is 0. The average Bonchev–Trinajstić information content (AvgIpc) is 1.99. The van der Waals surface area contributed by atoms with E-state index in [0.717, 1.165) is 14.0 Å². The number of halogens is 3. The molecule has 4 heteroatoms. The zero-order valence-corrected chi connectivity index (χ0v) is 10.4. The van der Waals surface area contributed by atoms with Gasteiger partial charge in [0.25, 0.3) is 0 Å². The van der Waals surface area contributed by atoms with Gasteiger partial charge in [0.05, 0.1) is 5.02 Å². The molecule has 0 N–H and O–H groups in total. The molecule has 0 saturated heterocycles. The van der Waals surface area contributed by atoms with E-state index in [4.69, 9.17) is 11.6 Å². The van der Waals surface area contributed by atoms with Crippen LogP contribution in [0.5, 0.6) is 0 Å². The molecule has 0 bridgehead atoms. The van der Waals surface area contributed by atoms with Crippen molar-refractivity contribution < 1.29 is 0 Å². The van der Waals surface area contributed by atoms with Crippen LogP contribution in [0.4, 0.5) is 0 Å². The molecule has 1 aromatic rings. The number of rotatable bonds is 1. The van der Waals surface area contributed by atoms with Gasteiger partial charge in [0, 0.05) is 13.8 Å². The van der Waals surface area contributed by atoms with Gasteiger partial charge in [-0.05, 0) is 50.2 Å². The Hall–Kier alpha value is 0.820. The predicted molar refractivity (Wildman–Crippen MR) is 58.6 cm³/mol. The quantitative estimate of drug-likeness (QED) is 0.539. The summed E-state index contributed by atoms with van der Waals surface area (Å²) in [5.74, 6) is 0. The van der Waals surface area contributed by atoms with Crippen LogP contribution in [-0.4, -0.2) is 6.26 Å². The van der Waals surface area contributed by atoms with Gasteiger partial charge in [0.15, 0.2) is 0 Å². The van der Waals surface area contributed by atoms with Crippen molar-refractivity contribution in [2.75, 3.05) is 6.26 Å². The molecule has 0 aromatic heterocycles. The average molecular weight is 316 g/mol. The molecule has 11 heavy (non-hydrogen) atoms. The summed E-state index contributed by atoms with van der Waals surface area (Å²) in [6, 6.07) is 4.00. The van der Waals surface area contributed by atoms with Gasteiger partial charge in [-0.25, -0.2) is 0 Å². The van der Waals surface area contributed by atoms with E-state index in [1.165, 1.54) is 4.90 Å². The lowest BCUT2D eigenvalue weighted by Crippen LogP contribution is -1.75. The molecule has 60 valence electrons. The van der Waals surface area contributed by atoms with Crippen molar-refractivity contribution in [2.45, 2.75) is 4.90 Å². The Balaban J connectivity index is 3.21. The highest BCUT2D eigenvalue weighted by Gasteiger charge is 2.03. The van der Waals surface area contributed by atoms with Gasteiger partial charge in [0.1, 0.15) is 0 Å². The van der Waals surface area contributed by atoms with Crippen LogP contribution < -0.4 is 0 Å². The Morgan fingerprint density at radius 3 is 2.09 bits per heavy atom. The van der Waals surface area contributed by atoms with Crippen LogP contribution in [0.1, 0.15) is 0 Å². The van der Waals surface area contributed by atoms with Crippen LogP contribution in [-0.2, 0) is 0 Å². The smallest absolute Gasteiger partial charge is 0.0690 e. The van der Waals surface area contributed by atoms with Crippen LogP contribution in [0, 0.1) is 0 Å². The monoisotopic (exact) mass is 314 g/mol. The van der Waals surface area contributed by atoms with Gasteiger partial charge < -0.3 is 0 Å². The summed E-state index contributed by atoms with van der Waals surface area (Å²) in [4.78, 5) is 1.19. The lowest BCUT2D eigenvalue weighted by atomic mass is 10.4. The van der Waals surface area contributed by atoms with E-state index in [1.807, 2.05) is 18.4 Å². The first-order valence-corrected chi connectivity index (χ1v) is 6.02. The summed E-state index contributed by atoms with van der Waals surface area (Å²) in [7, 11) is 0. The maximum Gasteiger partial charge on any atom is 0.0690 e. The molecule has 0 unspecified atom stereocenters. The van der Waals surface area contributed by atoms with Crippen LogP contribution in [0.25, 0.3) is 0 Å². The molecule has 0 nitrogen and oxygen atoms in total. The minimum Gasteiger partial charge on any atom is -0.130 e. The molecule has 1 rings (SSSR count). The molecule has 0 atom stereocenters. The van der Waals surface area contributed by atoms with Crippen molar-refractivity contribution in [3.05, 3.63) is 26.1 Å².